The average molecular weight is 474 g/mol. The largest absolute Gasteiger partial charge is 0.286 e. The number of H-pyrrole nitrogens is 6. The molecule has 6 rings (SSSR count). The van der Waals surface area contributed by atoms with Gasteiger partial charge in [0, 0.05) is 93.8 Å². The monoisotopic (exact) mass is 472 g/mol. The molecule has 0 amide bonds. The molecule has 0 aromatic carbocycles. The predicted octanol–water partition coefficient (Wildman–Crippen LogP) is 2.46. The Morgan fingerprint density at radius 2 is 0.452 bits per heavy atom. The number of nitrogens with one attached hydrogen (secondary N) is 6. The van der Waals surface area contributed by atoms with Crippen LogP contribution in [-0.4, -0.2) is 61.2 Å². The number of hydrogen-bond acceptors (Lipinski definition) is 6. The normalized spacial score (nSPS) is 7.74. The molecule has 0 spiro atoms. The first-order valence-electron chi connectivity index (χ1n) is 8.62. The van der Waals surface area contributed by atoms with Crippen molar-refractivity contribution in [2.75, 3.05) is 0 Å². The summed E-state index contributed by atoms with van der Waals surface area (Å²) in [5.41, 5.74) is 0. The zero-order valence-corrected chi connectivity index (χ0v) is 19.7. The van der Waals surface area contributed by atoms with E-state index in [1.165, 1.54) is 0 Å². The standard InChI is InChI=1S/6C3H4N2.Zn/c6*1-2-4-5-3-1;/h6*1-3H,(H,4,5);. The quantitative estimate of drug-likeness (QED) is 0.185. The van der Waals surface area contributed by atoms with Crippen molar-refractivity contribution in [2.24, 2.45) is 0 Å². The Kier molecular flexibility index (Phi) is 20.7. The van der Waals surface area contributed by atoms with Crippen LogP contribution in [0.1, 0.15) is 0 Å². The molecule has 6 aromatic rings. The second kappa shape index (κ2) is 23.9. The molecule has 0 bridgehead atoms. The van der Waals surface area contributed by atoms with E-state index in [2.05, 4.69) is 61.2 Å². The van der Waals surface area contributed by atoms with Crippen LogP contribution in [0.2, 0.25) is 0 Å². The zero-order chi connectivity index (χ0) is 21.2. The summed E-state index contributed by atoms with van der Waals surface area (Å²) in [6, 6.07) is 11.0. The molecule has 6 N–H and O–H groups in total. The van der Waals surface area contributed by atoms with Gasteiger partial charge in [0.2, 0.25) is 0 Å². The van der Waals surface area contributed by atoms with Crippen LogP contribution in [0.15, 0.2) is 111 Å². The molecule has 6 heterocycles. The molecule has 0 atom stereocenters. The van der Waals surface area contributed by atoms with Crippen molar-refractivity contribution in [3.63, 3.8) is 0 Å². The van der Waals surface area contributed by atoms with Crippen LogP contribution in [0.25, 0.3) is 0 Å². The van der Waals surface area contributed by atoms with E-state index in [0.717, 1.165) is 0 Å². The van der Waals surface area contributed by atoms with Gasteiger partial charge in [0.05, 0.1) is 0 Å². The smallest absolute Gasteiger partial charge is 0.0487 e. The van der Waals surface area contributed by atoms with Gasteiger partial charge in [-0.1, -0.05) is 0 Å². The average Bonchev–Trinajstić information content (AvgIpc) is 3.69. The first-order chi connectivity index (χ1) is 15.0. The second-order valence-corrected chi connectivity index (χ2v) is 4.60. The van der Waals surface area contributed by atoms with Crippen molar-refractivity contribution >= 4 is 0 Å². The van der Waals surface area contributed by atoms with Gasteiger partial charge in [-0.3, -0.25) is 30.6 Å². The first-order valence-corrected chi connectivity index (χ1v) is 8.62. The van der Waals surface area contributed by atoms with Crippen LogP contribution in [0.4, 0.5) is 0 Å². The number of rotatable bonds is 0. The second-order valence-electron chi connectivity index (χ2n) is 4.60. The summed E-state index contributed by atoms with van der Waals surface area (Å²) >= 11 is 0. The predicted molar refractivity (Wildman–Crippen MR) is 112 cm³/mol. The number of nitrogens with zero attached hydrogens (tertiary/aromatic N) is 6. The van der Waals surface area contributed by atoms with Gasteiger partial charge >= 0.3 is 0 Å². The van der Waals surface area contributed by atoms with Gasteiger partial charge in [0.15, 0.2) is 0 Å². The molecule has 0 saturated carbocycles. The van der Waals surface area contributed by atoms with E-state index < -0.39 is 0 Å². The Hall–Kier alpha value is -4.12. The Bertz CT molecular complexity index is 578. The molecule has 13 heteroatoms. The summed E-state index contributed by atoms with van der Waals surface area (Å²) in [4.78, 5) is 0. The van der Waals surface area contributed by atoms with Gasteiger partial charge in [-0.05, 0) is 36.4 Å². The van der Waals surface area contributed by atoms with E-state index in [1.54, 1.807) is 74.4 Å². The van der Waals surface area contributed by atoms with E-state index in [1.807, 2.05) is 36.4 Å². The molecular formula is C18H24N12Zn. The fourth-order valence-electron chi connectivity index (χ4n) is 1.29. The van der Waals surface area contributed by atoms with Crippen molar-refractivity contribution < 1.29 is 19.5 Å². The van der Waals surface area contributed by atoms with E-state index >= 15 is 0 Å². The van der Waals surface area contributed by atoms with Crippen LogP contribution in [0.3, 0.4) is 0 Å². The Morgan fingerprint density at radius 1 is 0.290 bits per heavy atom. The van der Waals surface area contributed by atoms with E-state index in [-0.39, 0.29) is 19.5 Å². The van der Waals surface area contributed by atoms with Crippen molar-refractivity contribution in [2.45, 2.75) is 0 Å². The third kappa shape index (κ3) is 22.0. The first kappa shape index (κ1) is 26.9. The Morgan fingerprint density at radius 3 is 0.484 bits per heavy atom. The molecule has 0 fully saturated rings. The van der Waals surface area contributed by atoms with Crippen LogP contribution >= 0.6 is 0 Å². The Labute approximate surface area is 191 Å². The van der Waals surface area contributed by atoms with Gasteiger partial charge < -0.3 is 0 Å². The van der Waals surface area contributed by atoms with E-state index in [0.29, 0.717) is 0 Å². The molecule has 12 nitrogen and oxygen atoms in total. The van der Waals surface area contributed by atoms with E-state index in [9.17, 15) is 0 Å². The number of aromatic amines is 6. The molecule has 0 aliphatic rings. The summed E-state index contributed by atoms with van der Waals surface area (Å²) in [5, 5.41) is 37.2. The maximum atomic E-state index is 3.60. The van der Waals surface area contributed by atoms with Crippen LogP contribution in [0.5, 0.6) is 0 Å². The minimum Gasteiger partial charge on any atom is -0.286 e. The fourth-order valence-corrected chi connectivity index (χ4v) is 1.29. The maximum absolute atomic E-state index is 3.60. The van der Waals surface area contributed by atoms with Gasteiger partial charge in [-0.2, -0.15) is 30.6 Å². The van der Waals surface area contributed by atoms with E-state index in [4.69, 9.17) is 0 Å². The molecule has 158 valence electrons. The molecule has 0 saturated heterocycles. The minimum absolute atomic E-state index is 0. The summed E-state index contributed by atoms with van der Waals surface area (Å²) in [7, 11) is 0. The van der Waals surface area contributed by atoms with Gasteiger partial charge in [-0.15, -0.1) is 0 Å². The van der Waals surface area contributed by atoms with Crippen LogP contribution < -0.4 is 0 Å². The SMILES string of the molecule is [Zn].c1cn[nH]c1.c1cn[nH]c1.c1cn[nH]c1.c1cn[nH]c1.c1cn[nH]c1.c1cn[nH]c1. The van der Waals surface area contributed by atoms with Crippen molar-refractivity contribution in [3.8, 4) is 0 Å². The summed E-state index contributed by atoms with van der Waals surface area (Å²) in [5.74, 6) is 0. The molecule has 31 heavy (non-hydrogen) atoms. The summed E-state index contributed by atoms with van der Waals surface area (Å²) in [6.45, 7) is 0. The topological polar surface area (TPSA) is 172 Å². The van der Waals surface area contributed by atoms with Crippen molar-refractivity contribution in [3.05, 3.63) is 111 Å². The maximum Gasteiger partial charge on any atom is 0.0487 e. The van der Waals surface area contributed by atoms with Gasteiger partial charge in [-0.25, -0.2) is 0 Å². The summed E-state index contributed by atoms with van der Waals surface area (Å²) < 4.78 is 0. The van der Waals surface area contributed by atoms with Crippen molar-refractivity contribution in [1.82, 2.24) is 61.2 Å². The third-order valence-corrected chi connectivity index (χ3v) is 2.44. The molecule has 6 aromatic heterocycles. The summed E-state index contributed by atoms with van der Waals surface area (Å²) in [6.07, 6.45) is 20.8. The fraction of sp³-hybridized carbons (Fsp3) is 0. The molecule has 0 aliphatic carbocycles. The van der Waals surface area contributed by atoms with Crippen LogP contribution in [0, 0.1) is 0 Å². The number of hydrogen-bond donors (Lipinski definition) is 6. The Balaban J connectivity index is 0.000000346. The van der Waals surface area contributed by atoms with Crippen LogP contribution in [-0.2, 0) is 19.5 Å². The molecule has 0 aliphatic heterocycles. The molecular weight excluding hydrogens is 450 g/mol. The molecule has 0 radical (unpaired) electrons. The van der Waals surface area contributed by atoms with Gasteiger partial charge in [0.1, 0.15) is 0 Å². The van der Waals surface area contributed by atoms with Gasteiger partial charge in [0.25, 0.3) is 0 Å². The third-order valence-electron chi connectivity index (χ3n) is 2.44. The minimum atomic E-state index is 0. The van der Waals surface area contributed by atoms with Crippen molar-refractivity contribution in [1.29, 1.82) is 0 Å². The zero-order valence-electron chi connectivity index (χ0n) is 16.8. The number of aromatic nitrogens is 12. The molecule has 0 unspecified atom stereocenters.